The molecule has 0 saturated carbocycles. The molecule has 0 amide bonds. The van der Waals surface area contributed by atoms with Gasteiger partial charge in [-0.3, -0.25) is 0 Å². The number of para-hydroxylation sites is 1. The number of benzene rings is 1. The van der Waals surface area contributed by atoms with Crippen LogP contribution in [0.25, 0.3) is 0 Å². The molecule has 0 unspecified atom stereocenters. The molecule has 1 heterocycles. The van der Waals surface area contributed by atoms with E-state index in [1.807, 2.05) is 24.9 Å². The normalized spacial score (nSPS) is 19.0. The number of hydrogen-bond donors (Lipinski definition) is 1. The fourth-order valence-electron chi connectivity index (χ4n) is 2.45. The summed E-state index contributed by atoms with van der Waals surface area (Å²) < 4.78 is 14.3. The summed E-state index contributed by atoms with van der Waals surface area (Å²) in [6.45, 7) is 6.98. The van der Waals surface area contributed by atoms with Gasteiger partial charge < -0.3 is 10.2 Å². The van der Waals surface area contributed by atoms with Crippen molar-refractivity contribution in [3.8, 4) is 0 Å². The summed E-state index contributed by atoms with van der Waals surface area (Å²) >= 11 is 1.96. The van der Waals surface area contributed by atoms with E-state index in [0.717, 1.165) is 30.1 Å². The zero-order valence-corrected chi connectivity index (χ0v) is 12.1. The molecule has 2 rings (SSSR count). The van der Waals surface area contributed by atoms with Gasteiger partial charge in [0, 0.05) is 30.1 Å². The van der Waals surface area contributed by atoms with Crippen molar-refractivity contribution in [1.82, 2.24) is 5.32 Å². The number of hydrogen-bond acceptors (Lipinski definition) is 3. The molecule has 0 spiro atoms. The number of rotatable bonds is 3. The second-order valence-electron chi connectivity index (χ2n) is 5.31. The average Bonchev–Trinajstić information content (AvgIpc) is 2.28. The van der Waals surface area contributed by atoms with E-state index in [0.29, 0.717) is 6.54 Å². The number of anilines is 1. The van der Waals surface area contributed by atoms with Gasteiger partial charge in [0.1, 0.15) is 5.82 Å². The first kappa shape index (κ1) is 13.7. The van der Waals surface area contributed by atoms with Crippen molar-refractivity contribution in [2.75, 3.05) is 30.8 Å². The van der Waals surface area contributed by atoms with Crippen LogP contribution in [0.4, 0.5) is 10.1 Å². The van der Waals surface area contributed by atoms with Gasteiger partial charge in [-0.05, 0) is 32.5 Å². The van der Waals surface area contributed by atoms with Crippen LogP contribution in [0.5, 0.6) is 0 Å². The molecule has 1 aromatic carbocycles. The van der Waals surface area contributed by atoms with Gasteiger partial charge >= 0.3 is 0 Å². The highest BCUT2D eigenvalue weighted by atomic mass is 32.2. The quantitative estimate of drug-likeness (QED) is 0.907. The van der Waals surface area contributed by atoms with Crippen molar-refractivity contribution in [2.24, 2.45) is 0 Å². The summed E-state index contributed by atoms with van der Waals surface area (Å²) in [7, 11) is 1.89. The smallest absolute Gasteiger partial charge is 0.146 e. The topological polar surface area (TPSA) is 15.3 Å². The molecular weight excluding hydrogens is 247 g/mol. The van der Waals surface area contributed by atoms with Crippen molar-refractivity contribution in [2.45, 2.75) is 25.1 Å². The van der Waals surface area contributed by atoms with Gasteiger partial charge in [0.25, 0.3) is 0 Å². The zero-order chi connectivity index (χ0) is 13.2. The van der Waals surface area contributed by atoms with Crippen molar-refractivity contribution in [3.63, 3.8) is 0 Å². The number of nitrogens with one attached hydrogen (secondary N) is 1. The fraction of sp³-hybridized carbons (Fsp3) is 0.571. The Kier molecular flexibility index (Phi) is 4.17. The minimum absolute atomic E-state index is 0.106. The van der Waals surface area contributed by atoms with Crippen LogP contribution in [-0.2, 0) is 6.54 Å². The Morgan fingerprint density at radius 3 is 2.89 bits per heavy atom. The van der Waals surface area contributed by atoms with Crippen LogP contribution in [0.2, 0.25) is 0 Å². The molecular formula is C14H21FN2S. The fourth-order valence-corrected chi connectivity index (χ4v) is 3.57. The van der Waals surface area contributed by atoms with Crippen LogP contribution in [0.1, 0.15) is 19.4 Å². The standard InChI is InChI=1S/C14H21FN2S/c1-14(2)10-17(7-8-18-14)13-11(9-16-3)5-4-6-12(13)15/h4-6,16H,7-10H2,1-3H3. The molecule has 0 bridgehead atoms. The number of thioether (sulfide) groups is 1. The zero-order valence-electron chi connectivity index (χ0n) is 11.3. The molecule has 4 heteroatoms. The molecule has 0 radical (unpaired) electrons. The first-order valence-corrected chi connectivity index (χ1v) is 7.33. The van der Waals surface area contributed by atoms with E-state index < -0.39 is 0 Å². The van der Waals surface area contributed by atoms with Gasteiger partial charge in [-0.25, -0.2) is 4.39 Å². The van der Waals surface area contributed by atoms with E-state index in [1.54, 1.807) is 12.1 Å². The molecule has 1 fully saturated rings. The SMILES string of the molecule is CNCc1cccc(F)c1N1CCSC(C)(C)C1. The third kappa shape index (κ3) is 2.98. The molecule has 1 N–H and O–H groups in total. The van der Waals surface area contributed by atoms with Gasteiger partial charge in [-0.1, -0.05) is 12.1 Å². The van der Waals surface area contributed by atoms with E-state index in [2.05, 4.69) is 24.1 Å². The summed E-state index contributed by atoms with van der Waals surface area (Å²) in [6, 6.07) is 5.35. The van der Waals surface area contributed by atoms with Gasteiger partial charge in [-0.15, -0.1) is 0 Å². The summed E-state index contributed by atoms with van der Waals surface area (Å²) in [5.41, 5.74) is 1.82. The second kappa shape index (κ2) is 5.49. The second-order valence-corrected chi connectivity index (χ2v) is 7.11. The average molecular weight is 268 g/mol. The highest BCUT2D eigenvalue weighted by Gasteiger charge is 2.29. The Bertz CT molecular complexity index is 420. The van der Waals surface area contributed by atoms with E-state index >= 15 is 0 Å². The molecule has 0 atom stereocenters. The van der Waals surface area contributed by atoms with Crippen molar-refractivity contribution >= 4 is 17.4 Å². The minimum atomic E-state index is -0.106. The van der Waals surface area contributed by atoms with Crippen LogP contribution >= 0.6 is 11.8 Å². The number of nitrogens with zero attached hydrogens (tertiary/aromatic N) is 1. The van der Waals surface area contributed by atoms with E-state index in [4.69, 9.17) is 0 Å². The maximum atomic E-state index is 14.1. The molecule has 0 aromatic heterocycles. The first-order valence-electron chi connectivity index (χ1n) is 6.34. The Balaban J connectivity index is 2.31. The third-order valence-electron chi connectivity index (χ3n) is 3.18. The van der Waals surface area contributed by atoms with Gasteiger partial charge in [0.15, 0.2) is 0 Å². The molecule has 1 aliphatic heterocycles. The van der Waals surface area contributed by atoms with Crippen LogP contribution < -0.4 is 10.2 Å². The van der Waals surface area contributed by atoms with Crippen LogP contribution in [0, 0.1) is 5.82 Å². The van der Waals surface area contributed by atoms with Gasteiger partial charge in [0.05, 0.1) is 5.69 Å². The molecule has 100 valence electrons. The predicted molar refractivity (Wildman–Crippen MR) is 77.9 cm³/mol. The summed E-state index contributed by atoms with van der Waals surface area (Å²) in [4.78, 5) is 2.19. The monoisotopic (exact) mass is 268 g/mol. The van der Waals surface area contributed by atoms with Crippen LogP contribution in [0.3, 0.4) is 0 Å². The lowest BCUT2D eigenvalue weighted by atomic mass is 10.1. The Hall–Kier alpha value is -0.740. The number of halogens is 1. The third-order valence-corrected chi connectivity index (χ3v) is 4.48. The molecule has 0 aliphatic carbocycles. The molecule has 1 aromatic rings. The van der Waals surface area contributed by atoms with Gasteiger partial charge in [0.2, 0.25) is 0 Å². The summed E-state index contributed by atoms with van der Waals surface area (Å²) in [5, 5.41) is 3.11. The highest BCUT2D eigenvalue weighted by Crippen LogP contribution is 2.34. The lowest BCUT2D eigenvalue weighted by Gasteiger charge is -2.39. The van der Waals surface area contributed by atoms with Crippen molar-refractivity contribution in [1.29, 1.82) is 0 Å². The largest absolute Gasteiger partial charge is 0.367 e. The predicted octanol–water partition coefficient (Wildman–Crippen LogP) is 2.88. The molecule has 1 aliphatic rings. The van der Waals surface area contributed by atoms with E-state index in [-0.39, 0.29) is 10.6 Å². The molecule has 2 nitrogen and oxygen atoms in total. The van der Waals surface area contributed by atoms with Gasteiger partial charge in [-0.2, -0.15) is 11.8 Å². The minimum Gasteiger partial charge on any atom is -0.367 e. The first-order chi connectivity index (χ1) is 8.53. The van der Waals surface area contributed by atoms with E-state index in [9.17, 15) is 4.39 Å². The van der Waals surface area contributed by atoms with Crippen molar-refractivity contribution < 1.29 is 4.39 Å². The van der Waals surface area contributed by atoms with E-state index in [1.165, 1.54) is 0 Å². The maximum absolute atomic E-state index is 14.1. The van der Waals surface area contributed by atoms with Crippen LogP contribution in [0.15, 0.2) is 18.2 Å². The lowest BCUT2D eigenvalue weighted by molar-refractivity contribution is 0.592. The summed E-state index contributed by atoms with van der Waals surface area (Å²) in [5.74, 6) is 0.950. The Morgan fingerprint density at radius 1 is 1.44 bits per heavy atom. The van der Waals surface area contributed by atoms with Crippen LogP contribution in [-0.4, -0.2) is 30.6 Å². The highest BCUT2D eigenvalue weighted by molar-refractivity contribution is 8.00. The summed E-state index contributed by atoms with van der Waals surface area (Å²) in [6.07, 6.45) is 0. The lowest BCUT2D eigenvalue weighted by Crippen LogP contribution is -2.44. The Morgan fingerprint density at radius 2 is 2.22 bits per heavy atom. The Labute approximate surface area is 113 Å². The van der Waals surface area contributed by atoms with Crippen molar-refractivity contribution in [3.05, 3.63) is 29.6 Å². The molecule has 18 heavy (non-hydrogen) atoms. The maximum Gasteiger partial charge on any atom is 0.146 e. The molecule has 1 saturated heterocycles.